The van der Waals surface area contributed by atoms with Crippen LogP contribution in [0.5, 0.6) is 5.75 Å². The SMILES string of the molecule is Cc1cc(OCCNS(=O)(=O)c2ccccc2)ccc1N. The van der Waals surface area contributed by atoms with Gasteiger partial charge < -0.3 is 10.5 Å². The minimum Gasteiger partial charge on any atom is -0.492 e. The number of anilines is 1. The van der Waals surface area contributed by atoms with Gasteiger partial charge in [-0.25, -0.2) is 13.1 Å². The van der Waals surface area contributed by atoms with Gasteiger partial charge in [-0.3, -0.25) is 0 Å². The van der Waals surface area contributed by atoms with Crippen molar-refractivity contribution in [3.05, 3.63) is 54.1 Å². The van der Waals surface area contributed by atoms with E-state index in [1.165, 1.54) is 0 Å². The molecule has 2 aromatic rings. The molecule has 0 radical (unpaired) electrons. The summed E-state index contributed by atoms with van der Waals surface area (Å²) in [6.07, 6.45) is 0. The Hall–Kier alpha value is -2.05. The van der Waals surface area contributed by atoms with Crippen LogP contribution < -0.4 is 15.2 Å². The van der Waals surface area contributed by atoms with Gasteiger partial charge in [0.05, 0.1) is 4.90 Å². The van der Waals surface area contributed by atoms with Gasteiger partial charge >= 0.3 is 0 Å². The number of nitrogens with two attached hydrogens (primary N) is 1. The van der Waals surface area contributed by atoms with Gasteiger partial charge in [-0.1, -0.05) is 18.2 Å². The molecule has 0 atom stereocenters. The van der Waals surface area contributed by atoms with Gasteiger partial charge in [0, 0.05) is 12.2 Å². The Morgan fingerprint density at radius 3 is 2.52 bits per heavy atom. The van der Waals surface area contributed by atoms with E-state index in [0.29, 0.717) is 11.4 Å². The molecule has 0 saturated heterocycles. The van der Waals surface area contributed by atoms with Crippen molar-refractivity contribution in [2.24, 2.45) is 0 Å². The highest BCUT2D eigenvalue weighted by atomic mass is 32.2. The summed E-state index contributed by atoms with van der Waals surface area (Å²) in [6.45, 7) is 2.33. The molecule has 0 aliphatic carbocycles. The standard InChI is InChI=1S/C15H18N2O3S/c1-12-11-13(7-8-15(12)16)20-10-9-17-21(18,19)14-5-3-2-4-6-14/h2-8,11,17H,9-10,16H2,1H3. The lowest BCUT2D eigenvalue weighted by molar-refractivity contribution is 0.322. The molecule has 2 rings (SSSR count). The van der Waals surface area contributed by atoms with Crippen LogP contribution in [-0.2, 0) is 10.0 Å². The first kappa shape index (κ1) is 15.3. The second-order valence-electron chi connectivity index (χ2n) is 4.58. The van der Waals surface area contributed by atoms with Crippen LogP contribution in [0, 0.1) is 6.92 Å². The van der Waals surface area contributed by atoms with Crippen LogP contribution >= 0.6 is 0 Å². The van der Waals surface area contributed by atoms with E-state index in [0.717, 1.165) is 5.56 Å². The molecule has 3 N–H and O–H groups in total. The summed E-state index contributed by atoms with van der Waals surface area (Å²) in [4.78, 5) is 0.244. The van der Waals surface area contributed by atoms with Crippen molar-refractivity contribution >= 4 is 15.7 Å². The van der Waals surface area contributed by atoms with E-state index in [4.69, 9.17) is 10.5 Å². The molecule has 0 fully saturated rings. The molecule has 6 heteroatoms. The predicted molar refractivity (Wildman–Crippen MR) is 82.7 cm³/mol. The fraction of sp³-hybridized carbons (Fsp3) is 0.200. The second-order valence-corrected chi connectivity index (χ2v) is 6.34. The number of nitrogens with one attached hydrogen (secondary N) is 1. The highest BCUT2D eigenvalue weighted by molar-refractivity contribution is 7.89. The minimum atomic E-state index is -3.48. The zero-order chi connectivity index (χ0) is 15.3. The quantitative estimate of drug-likeness (QED) is 0.631. The van der Waals surface area contributed by atoms with E-state index < -0.39 is 10.0 Å². The Labute approximate surface area is 124 Å². The average Bonchev–Trinajstić information content (AvgIpc) is 2.48. The van der Waals surface area contributed by atoms with Crippen molar-refractivity contribution in [3.8, 4) is 5.75 Å². The van der Waals surface area contributed by atoms with Crippen LogP contribution in [0.4, 0.5) is 5.69 Å². The first-order chi connectivity index (χ1) is 9.99. The summed E-state index contributed by atoms with van der Waals surface area (Å²) < 4.78 is 31.9. The first-order valence-corrected chi connectivity index (χ1v) is 8.01. The van der Waals surface area contributed by atoms with Gasteiger partial charge in [-0.05, 0) is 42.8 Å². The van der Waals surface area contributed by atoms with E-state index >= 15 is 0 Å². The maximum atomic E-state index is 12.0. The van der Waals surface area contributed by atoms with E-state index in [9.17, 15) is 8.42 Å². The number of aryl methyl sites for hydroxylation is 1. The molecule has 5 nitrogen and oxygen atoms in total. The van der Waals surface area contributed by atoms with Crippen LogP contribution in [0.1, 0.15) is 5.56 Å². The minimum absolute atomic E-state index is 0.195. The molecule has 2 aromatic carbocycles. The normalized spacial score (nSPS) is 11.3. The van der Waals surface area contributed by atoms with Crippen LogP contribution in [-0.4, -0.2) is 21.6 Å². The molecule has 0 saturated carbocycles. The Morgan fingerprint density at radius 2 is 1.86 bits per heavy atom. The number of nitrogen functional groups attached to an aromatic ring is 1. The van der Waals surface area contributed by atoms with Crippen LogP contribution in [0.25, 0.3) is 0 Å². The van der Waals surface area contributed by atoms with Crippen LogP contribution in [0.3, 0.4) is 0 Å². The van der Waals surface area contributed by atoms with Gasteiger partial charge in [0.1, 0.15) is 12.4 Å². The number of rotatable bonds is 6. The molecule has 0 heterocycles. The zero-order valence-corrected chi connectivity index (χ0v) is 12.6. The second kappa shape index (κ2) is 6.60. The molecule has 112 valence electrons. The number of hydrogen-bond donors (Lipinski definition) is 2. The maximum Gasteiger partial charge on any atom is 0.240 e. The molecule has 0 aromatic heterocycles. The molecule has 0 amide bonds. The Morgan fingerprint density at radius 1 is 1.14 bits per heavy atom. The lowest BCUT2D eigenvalue weighted by Crippen LogP contribution is -2.28. The molecule has 0 aliphatic rings. The molecule has 0 bridgehead atoms. The number of hydrogen-bond acceptors (Lipinski definition) is 4. The van der Waals surface area contributed by atoms with E-state index in [1.807, 2.05) is 13.0 Å². The van der Waals surface area contributed by atoms with Gasteiger partial charge in [0.25, 0.3) is 0 Å². The Balaban J connectivity index is 1.86. The Bertz CT molecular complexity index is 700. The van der Waals surface area contributed by atoms with Crippen molar-refractivity contribution in [3.63, 3.8) is 0 Å². The lowest BCUT2D eigenvalue weighted by atomic mass is 10.2. The van der Waals surface area contributed by atoms with E-state index in [-0.39, 0.29) is 18.0 Å². The van der Waals surface area contributed by atoms with Gasteiger partial charge in [-0.15, -0.1) is 0 Å². The zero-order valence-electron chi connectivity index (χ0n) is 11.7. The molecule has 0 spiro atoms. The molecule has 21 heavy (non-hydrogen) atoms. The fourth-order valence-electron chi connectivity index (χ4n) is 1.77. The third kappa shape index (κ3) is 4.21. The Kier molecular flexibility index (Phi) is 4.82. The summed E-state index contributed by atoms with van der Waals surface area (Å²) in [5.41, 5.74) is 7.35. The monoisotopic (exact) mass is 306 g/mol. The highest BCUT2D eigenvalue weighted by Gasteiger charge is 2.12. The maximum absolute atomic E-state index is 12.0. The van der Waals surface area contributed by atoms with Crippen LogP contribution in [0.15, 0.2) is 53.4 Å². The fourth-order valence-corrected chi connectivity index (χ4v) is 2.80. The molecular weight excluding hydrogens is 288 g/mol. The third-order valence-corrected chi connectivity index (χ3v) is 4.43. The van der Waals surface area contributed by atoms with Gasteiger partial charge in [0.2, 0.25) is 10.0 Å². The number of benzene rings is 2. The number of sulfonamides is 1. The summed E-state index contributed by atoms with van der Waals surface area (Å²) in [5, 5.41) is 0. The summed E-state index contributed by atoms with van der Waals surface area (Å²) >= 11 is 0. The van der Waals surface area contributed by atoms with Gasteiger partial charge in [-0.2, -0.15) is 0 Å². The smallest absolute Gasteiger partial charge is 0.240 e. The first-order valence-electron chi connectivity index (χ1n) is 6.53. The topological polar surface area (TPSA) is 81.4 Å². The molecule has 0 aliphatic heterocycles. The predicted octanol–water partition coefficient (Wildman–Crippen LogP) is 1.93. The van der Waals surface area contributed by atoms with Crippen molar-refractivity contribution in [1.82, 2.24) is 4.72 Å². The number of ether oxygens (including phenoxy) is 1. The average molecular weight is 306 g/mol. The van der Waals surface area contributed by atoms with Crippen molar-refractivity contribution in [2.45, 2.75) is 11.8 Å². The van der Waals surface area contributed by atoms with E-state index in [2.05, 4.69) is 4.72 Å². The highest BCUT2D eigenvalue weighted by Crippen LogP contribution is 2.18. The van der Waals surface area contributed by atoms with Crippen molar-refractivity contribution < 1.29 is 13.2 Å². The van der Waals surface area contributed by atoms with Crippen molar-refractivity contribution in [2.75, 3.05) is 18.9 Å². The summed E-state index contributed by atoms with van der Waals surface area (Å²) in [5.74, 6) is 0.667. The summed E-state index contributed by atoms with van der Waals surface area (Å²) in [7, 11) is -3.48. The van der Waals surface area contributed by atoms with E-state index in [1.54, 1.807) is 42.5 Å². The summed E-state index contributed by atoms with van der Waals surface area (Å²) in [6, 6.07) is 13.6. The largest absolute Gasteiger partial charge is 0.492 e. The van der Waals surface area contributed by atoms with Crippen LogP contribution in [0.2, 0.25) is 0 Å². The molecule has 0 unspecified atom stereocenters. The van der Waals surface area contributed by atoms with Gasteiger partial charge in [0.15, 0.2) is 0 Å². The molecular formula is C15H18N2O3S. The third-order valence-electron chi connectivity index (χ3n) is 2.96. The lowest BCUT2D eigenvalue weighted by Gasteiger charge is -2.09. The van der Waals surface area contributed by atoms with Crippen molar-refractivity contribution in [1.29, 1.82) is 0 Å².